The van der Waals surface area contributed by atoms with E-state index in [1.165, 1.54) is 0 Å². The van der Waals surface area contributed by atoms with Crippen LogP contribution in [0, 0.1) is 0 Å². The number of ether oxygens (including phenoxy) is 1. The fourth-order valence-electron chi connectivity index (χ4n) is 4.00. The second-order valence-electron chi connectivity index (χ2n) is 9.40. The van der Waals surface area contributed by atoms with Crippen LogP contribution in [0.3, 0.4) is 0 Å². The first-order valence-corrected chi connectivity index (χ1v) is 12.7. The number of carbonyl (C=O) groups excluding carboxylic acids is 1. The van der Waals surface area contributed by atoms with E-state index in [9.17, 15) is 17.8 Å². The SMILES string of the molecule is CC(C)c1cc(C(C)C)c(C(=O)OC(c2ccc3ccccc3c2)S(=O)(=O)O)c(C(C)C)c1. The Bertz CT molecular complexity index is 1240. The van der Waals surface area contributed by atoms with Crippen molar-refractivity contribution in [2.75, 3.05) is 0 Å². The van der Waals surface area contributed by atoms with Gasteiger partial charge in [-0.1, -0.05) is 90.1 Å². The van der Waals surface area contributed by atoms with Crippen molar-refractivity contribution >= 4 is 26.9 Å². The molecule has 1 N–H and O–H groups in total. The van der Waals surface area contributed by atoms with Crippen LogP contribution in [0.25, 0.3) is 10.8 Å². The van der Waals surface area contributed by atoms with Gasteiger partial charge in [-0.2, -0.15) is 8.42 Å². The topological polar surface area (TPSA) is 80.7 Å². The molecule has 0 radical (unpaired) electrons. The molecule has 0 amide bonds. The second kappa shape index (κ2) is 9.65. The van der Waals surface area contributed by atoms with E-state index in [1.807, 2.05) is 64.1 Å². The zero-order valence-electron chi connectivity index (χ0n) is 20.0. The smallest absolute Gasteiger partial charge is 0.340 e. The van der Waals surface area contributed by atoms with Crippen molar-refractivity contribution in [3.8, 4) is 0 Å². The lowest BCUT2D eigenvalue weighted by atomic mass is 9.84. The summed E-state index contributed by atoms with van der Waals surface area (Å²) in [6, 6.07) is 16.4. The van der Waals surface area contributed by atoms with Gasteiger partial charge < -0.3 is 4.74 Å². The number of carbonyl (C=O) groups is 1. The third kappa shape index (κ3) is 5.45. The molecule has 176 valence electrons. The number of esters is 1. The molecule has 6 heteroatoms. The third-order valence-corrected chi connectivity index (χ3v) is 6.78. The van der Waals surface area contributed by atoms with E-state index in [-0.39, 0.29) is 23.3 Å². The molecule has 0 spiro atoms. The molecule has 0 heterocycles. The summed E-state index contributed by atoms with van der Waals surface area (Å²) < 4.78 is 40.1. The van der Waals surface area contributed by atoms with Crippen molar-refractivity contribution in [1.82, 2.24) is 0 Å². The fourth-order valence-corrected chi connectivity index (χ4v) is 4.70. The molecule has 3 aromatic carbocycles. The van der Waals surface area contributed by atoms with Crippen LogP contribution >= 0.6 is 0 Å². The van der Waals surface area contributed by atoms with Crippen LogP contribution in [-0.2, 0) is 14.9 Å². The van der Waals surface area contributed by atoms with E-state index in [2.05, 4.69) is 13.8 Å². The molecule has 0 saturated heterocycles. The number of hydrogen-bond donors (Lipinski definition) is 1. The predicted molar refractivity (Wildman–Crippen MR) is 132 cm³/mol. The number of rotatable bonds is 7. The average Bonchev–Trinajstić information content (AvgIpc) is 2.75. The maximum Gasteiger partial charge on any atom is 0.340 e. The summed E-state index contributed by atoms with van der Waals surface area (Å²) in [6.07, 6.45) is 0. The van der Waals surface area contributed by atoms with Crippen molar-refractivity contribution in [2.24, 2.45) is 0 Å². The Morgan fingerprint density at radius 3 is 1.79 bits per heavy atom. The maximum atomic E-state index is 13.5. The Hall–Kier alpha value is -2.70. The lowest BCUT2D eigenvalue weighted by molar-refractivity contribution is 0.0424. The van der Waals surface area contributed by atoms with E-state index in [0.717, 1.165) is 27.5 Å². The van der Waals surface area contributed by atoms with Crippen LogP contribution in [0.1, 0.15) is 97.3 Å². The maximum absolute atomic E-state index is 13.5. The van der Waals surface area contributed by atoms with Gasteiger partial charge in [-0.15, -0.1) is 0 Å². The van der Waals surface area contributed by atoms with Crippen molar-refractivity contribution < 1.29 is 22.5 Å². The molecule has 0 aliphatic carbocycles. The zero-order chi connectivity index (χ0) is 24.5. The number of benzene rings is 3. The molecule has 33 heavy (non-hydrogen) atoms. The highest BCUT2D eigenvalue weighted by Crippen LogP contribution is 2.35. The van der Waals surface area contributed by atoms with Gasteiger partial charge >= 0.3 is 16.1 Å². The van der Waals surface area contributed by atoms with E-state index in [0.29, 0.717) is 5.56 Å². The van der Waals surface area contributed by atoms with Crippen LogP contribution in [0.4, 0.5) is 0 Å². The summed E-state index contributed by atoms with van der Waals surface area (Å²) in [5, 5.41) is 1.70. The van der Waals surface area contributed by atoms with Crippen LogP contribution in [0.15, 0.2) is 54.6 Å². The van der Waals surface area contributed by atoms with E-state index in [4.69, 9.17) is 4.74 Å². The monoisotopic (exact) mass is 468 g/mol. The minimum Gasteiger partial charge on any atom is -0.435 e. The fraction of sp³-hybridized carbons (Fsp3) is 0.370. The van der Waals surface area contributed by atoms with Gasteiger partial charge in [-0.05, 0) is 51.3 Å². The Morgan fingerprint density at radius 1 is 0.758 bits per heavy atom. The van der Waals surface area contributed by atoms with E-state index < -0.39 is 21.5 Å². The summed E-state index contributed by atoms with van der Waals surface area (Å²) in [5.74, 6) is -0.441. The molecule has 0 aromatic heterocycles. The van der Waals surface area contributed by atoms with Gasteiger partial charge in [0, 0.05) is 5.56 Å². The van der Waals surface area contributed by atoms with Crippen LogP contribution < -0.4 is 0 Å². The first-order chi connectivity index (χ1) is 15.4. The molecular formula is C27H32O5S. The van der Waals surface area contributed by atoms with Gasteiger partial charge in [-0.25, -0.2) is 4.79 Å². The highest BCUT2D eigenvalue weighted by atomic mass is 32.2. The molecule has 0 fully saturated rings. The minimum absolute atomic E-state index is 0.0219. The molecule has 1 unspecified atom stereocenters. The number of hydrogen-bond acceptors (Lipinski definition) is 4. The quantitative estimate of drug-likeness (QED) is 0.300. The minimum atomic E-state index is -4.72. The third-order valence-electron chi connectivity index (χ3n) is 5.87. The summed E-state index contributed by atoms with van der Waals surface area (Å²) in [5.41, 5.74) is 1.48. The molecule has 0 bridgehead atoms. The van der Waals surface area contributed by atoms with Gasteiger partial charge in [0.05, 0.1) is 5.56 Å². The van der Waals surface area contributed by atoms with Crippen molar-refractivity contribution in [3.05, 3.63) is 82.4 Å². The van der Waals surface area contributed by atoms with Crippen LogP contribution in [-0.4, -0.2) is 18.9 Å². The molecule has 0 aliphatic rings. The first-order valence-electron chi connectivity index (χ1n) is 11.2. The van der Waals surface area contributed by atoms with E-state index in [1.54, 1.807) is 18.2 Å². The molecule has 0 aliphatic heterocycles. The summed E-state index contributed by atoms with van der Waals surface area (Å²) in [4.78, 5) is 13.5. The first kappa shape index (κ1) is 24.9. The molecule has 3 aromatic rings. The Kier molecular flexibility index (Phi) is 7.29. The zero-order valence-corrected chi connectivity index (χ0v) is 20.8. The Balaban J connectivity index is 2.12. The van der Waals surface area contributed by atoms with Gasteiger partial charge in [0.2, 0.25) is 0 Å². The predicted octanol–water partition coefficient (Wildman–Crippen LogP) is 6.95. The molecule has 5 nitrogen and oxygen atoms in total. The number of fused-ring (bicyclic) bond motifs is 1. The van der Waals surface area contributed by atoms with Gasteiger partial charge in [0.1, 0.15) is 0 Å². The van der Waals surface area contributed by atoms with Crippen molar-refractivity contribution in [1.29, 1.82) is 0 Å². The lowest BCUT2D eigenvalue weighted by Crippen LogP contribution is -2.22. The van der Waals surface area contributed by atoms with Crippen LogP contribution in [0.2, 0.25) is 0 Å². The molecule has 1 atom stereocenters. The summed E-state index contributed by atoms with van der Waals surface area (Å²) >= 11 is 0. The van der Waals surface area contributed by atoms with Gasteiger partial charge in [0.15, 0.2) is 0 Å². The van der Waals surface area contributed by atoms with Gasteiger partial charge in [0.25, 0.3) is 5.44 Å². The molecule has 3 rings (SSSR count). The summed E-state index contributed by atoms with van der Waals surface area (Å²) in [7, 11) is -4.72. The van der Waals surface area contributed by atoms with Crippen LogP contribution in [0.5, 0.6) is 0 Å². The molecular weight excluding hydrogens is 436 g/mol. The highest BCUT2D eigenvalue weighted by molar-refractivity contribution is 7.85. The van der Waals surface area contributed by atoms with Crippen molar-refractivity contribution in [2.45, 2.75) is 64.7 Å². The lowest BCUT2D eigenvalue weighted by Gasteiger charge is -2.23. The van der Waals surface area contributed by atoms with Crippen molar-refractivity contribution in [3.63, 3.8) is 0 Å². The normalized spacial score (nSPS) is 13.2. The van der Waals surface area contributed by atoms with Gasteiger partial charge in [-0.3, -0.25) is 4.55 Å². The Morgan fingerprint density at radius 2 is 1.30 bits per heavy atom. The second-order valence-corrected chi connectivity index (χ2v) is 10.9. The standard InChI is InChI=1S/C27H32O5S/c1-16(2)22-14-23(17(3)4)25(24(15-22)18(5)6)26(28)32-27(33(29,30)31)21-12-11-19-9-7-8-10-20(19)13-21/h7-18,27H,1-6H3,(H,29,30,31). The molecule has 0 saturated carbocycles. The largest absolute Gasteiger partial charge is 0.435 e. The summed E-state index contributed by atoms with van der Waals surface area (Å²) in [6.45, 7) is 12.1. The Labute approximate surface area is 196 Å². The average molecular weight is 469 g/mol. The van der Waals surface area contributed by atoms with E-state index >= 15 is 0 Å². The highest BCUT2D eigenvalue weighted by Gasteiger charge is 2.32.